The molecular formula is C17H26N4O4. The maximum absolute atomic E-state index is 12.0. The Hall–Kier alpha value is -2.35. The summed E-state index contributed by atoms with van der Waals surface area (Å²) in [4.78, 5) is 27.3. The first-order chi connectivity index (χ1) is 11.7. The van der Waals surface area contributed by atoms with Gasteiger partial charge in [0.1, 0.15) is 11.3 Å². The number of anilines is 2. The highest BCUT2D eigenvalue weighted by Crippen LogP contribution is 2.30. The van der Waals surface area contributed by atoms with Crippen LogP contribution in [0, 0.1) is 10.1 Å². The van der Waals surface area contributed by atoms with Crippen LogP contribution >= 0.6 is 0 Å². The number of nitrogens with zero attached hydrogens (tertiary/aromatic N) is 3. The van der Waals surface area contributed by atoms with Crippen molar-refractivity contribution in [2.75, 3.05) is 42.9 Å². The van der Waals surface area contributed by atoms with Crippen LogP contribution in [-0.2, 0) is 4.74 Å². The average Bonchev–Trinajstić information content (AvgIpc) is 2.52. The molecule has 0 aromatic heterocycles. The molecule has 8 nitrogen and oxygen atoms in total. The van der Waals surface area contributed by atoms with Gasteiger partial charge in [0.2, 0.25) is 0 Å². The lowest BCUT2D eigenvalue weighted by Gasteiger charge is -2.35. The van der Waals surface area contributed by atoms with Gasteiger partial charge in [-0.05, 0) is 39.4 Å². The molecule has 1 heterocycles. The zero-order chi connectivity index (χ0) is 18.6. The van der Waals surface area contributed by atoms with Crippen LogP contribution in [0.15, 0.2) is 18.2 Å². The van der Waals surface area contributed by atoms with Crippen molar-refractivity contribution in [3.63, 3.8) is 0 Å². The number of hydrogen-bond donors (Lipinski definition) is 1. The van der Waals surface area contributed by atoms with E-state index in [0.29, 0.717) is 0 Å². The molecule has 0 aliphatic carbocycles. The van der Waals surface area contributed by atoms with Crippen molar-refractivity contribution >= 4 is 23.2 Å². The van der Waals surface area contributed by atoms with Crippen molar-refractivity contribution in [2.45, 2.75) is 33.3 Å². The van der Waals surface area contributed by atoms with Crippen molar-refractivity contribution in [1.82, 2.24) is 4.90 Å². The highest BCUT2D eigenvalue weighted by atomic mass is 16.6. The number of rotatable bonds is 4. The summed E-state index contributed by atoms with van der Waals surface area (Å²) in [6.07, 6.45) is -0.705. The van der Waals surface area contributed by atoms with E-state index in [1.54, 1.807) is 32.9 Å². The summed E-state index contributed by atoms with van der Waals surface area (Å²) in [7, 11) is 0. The van der Waals surface area contributed by atoms with Gasteiger partial charge in [-0.25, -0.2) is 4.79 Å². The predicted molar refractivity (Wildman–Crippen MR) is 97.3 cm³/mol. The molecule has 0 spiro atoms. The molecule has 1 saturated heterocycles. The summed E-state index contributed by atoms with van der Waals surface area (Å²) >= 11 is 0. The number of nitro benzene ring substituents is 1. The Kier molecular flexibility index (Phi) is 5.84. The third-order valence-electron chi connectivity index (χ3n) is 4.00. The summed E-state index contributed by atoms with van der Waals surface area (Å²) in [6.45, 7) is 11.9. The molecule has 1 aromatic rings. The monoisotopic (exact) mass is 350 g/mol. The van der Waals surface area contributed by atoms with Crippen molar-refractivity contribution in [3.05, 3.63) is 28.3 Å². The molecule has 2 rings (SSSR count). The smallest absolute Gasteiger partial charge is 0.412 e. The van der Waals surface area contributed by atoms with Crippen LogP contribution in [0.3, 0.4) is 0 Å². The van der Waals surface area contributed by atoms with Gasteiger partial charge in [-0.2, -0.15) is 0 Å². The van der Waals surface area contributed by atoms with Gasteiger partial charge in [0.05, 0.1) is 4.92 Å². The summed E-state index contributed by atoms with van der Waals surface area (Å²) < 4.78 is 5.20. The van der Waals surface area contributed by atoms with Crippen LogP contribution in [-0.4, -0.2) is 54.2 Å². The van der Waals surface area contributed by atoms with Gasteiger partial charge in [-0.3, -0.25) is 15.4 Å². The van der Waals surface area contributed by atoms with E-state index in [1.165, 1.54) is 6.07 Å². The first-order valence-electron chi connectivity index (χ1n) is 8.45. The minimum atomic E-state index is -0.705. The quantitative estimate of drug-likeness (QED) is 0.663. The van der Waals surface area contributed by atoms with Crippen molar-refractivity contribution in [1.29, 1.82) is 0 Å². The molecule has 25 heavy (non-hydrogen) atoms. The molecular weight excluding hydrogens is 324 g/mol. The molecule has 138 valence electrons. The summed E-state index contributed by atoms with van der Waals surface area (Å²) in [5.74, 6) is 0. The third-order valence-corrected chi connectivity index (χ3v) is 4.00. The largest absolute Gasteiger partial charge is 0.444 e. The maximum atomic E-state index is 12.0. The number of carbonyl (C=O) groups excluding carboxylic acids is 1. The number of piperazine rings is 1. The molecule has 1 N–H and O–H groups in total. The Morgan fingerprint density at radius 1 is 1.28 bits per heavy atom. The van der Waals surface area contributed by atoms with Crippen LogP contribution < -0.4 is 10.2 Å². The fourth-order valence-electron chi connectivity index (χ4n) is 2.72. The van der Waals surface area contributed by atoms with Gasteiger partial charge in [0.25, 0.3) is 5.69 Å². The first-order valence-corrected chi connectivity index (χ1v) is 8.45. The minimum absolute atomic E-state index is 0.148. The van der Waals surface area contributed by atoms with Crippen LogP contribution in [0.5, 0.6) is 0 Å². The highest BCUT2D eigenvalue weighted by Gasteiger charge is 2.23. The summed E-state index contributed by atoms with van der Waals surface area (Å²) in [6, 6.07) is 4.79. The molecule has 1 aliphatic rings. The van der Waals surface area contributed by atoms with E-state index in [-0.39, 0.29) is 11.4 Å². The number of benzene rings is 1. The normalized spacial score (nSPS) is 15.8. The Balaban J connectivity index is 2.19. The number of nitrogens with one attached hydrogen (secondary N) is 1. The lowest BCUT2D eigenvalue weighted by atomic mass is 10.2. The predicted octanol–water partition coefficient (Wildman–Crippen LogP) is 3.08. The lowest BCUT2D eigenvalue weighted by molar-refractivity contribution is -0.383. The molecule has 1 fully saturated rings. The maximum Gasteiger partial charge on any atom is 0.412 e. The molecule has 0 radical (unpaired) electrons. The van der Waals surface area contributed by atoms with Gasteiger partial charge in [-0.15, -0.1) is 0 Å². The number of ether oxygens (including phenoxy) is 1. The van der Waals surface area contributed by atoms with Crippen LogP contribution in [0.1, 0.15) is 27.7 Å². The SMILES string of the molecule is CCN1CCN(c2ccc([N+](=O)[O-])c(NC(=O)OC(C)(C)C)c2)CC1. The van der Waals surface area contributed by atoms with Crippen LogP contribution in [0.4, 0.5) is 21.9 Å². The Bertz CT molecular complexity index is 634. The molecule has 0 unspecified atom stereocenters. The zero-order valence-electron chi connectivity index (χ0n) is 15.2. The zero-order valence-corrected chi connectivity index (χ0v) is 15.2. The fraction of sp³-hybridized carbons (Fsp3) is 0.588. The van der Waals surface area contributed by atoms with Crippen molar-refractivity contribution < 1.29 is 14.5 Å². The number of hydrogen-bond acceptors (Lipinski definition) is 6. The van der Waals surface area contributed by atoms with E-state index in [4.69, 9.17) is 4.74 Å². The van der Waals surface area contributed by atoms with E-state index >= 15 is 0 Å². The molecule has 0 bridgehead atoms. The van der Waals surface area contributed by atoms with Gasteiger partial charge >= 0.3 is 6.09 Å². The van der Waals surface area contributed by atoms with E-state index in [0.717, 1.165) is 38.4 Å². The van der Waals surface area contributed by atoms with Gasteiger partial charge < -0.3 is 14.5 Å². The number of nitro groups is 1. The fourth-order valence-corrected chi connectivity index (χ4v) is 2.72. The molecule has 8 heteroatoms. The Morgan fingerprint density at radius 3 is 2.44 bits per heavy atom. The molecule has 1 aliphatic heterocycles. The molecule has 1 aromatic carbocycles. The lowest BCUT2D eigenvalue weighted by Crippen LogP contribution is -2.46. The number of amides is 1. The minimum Gasteiger partial charge on any atom is -0.444 e. The second-order valence-electron chi connectivity index (χ2n) is 7.01. The molecule has 0 saturated carbocycles. The topological polar surface area (TPSA) is 88.0 Å². The summed E-state index contributed by atoms with van der Waals surface area (Å²) in [5.41, 5.74) is 0.177. The first kappa shape index (κ1) is 19.0. The van der Waals surface area contributed by atoms with E-state index < -0.39 is 16.6 Å². The second kappa shape index (κ2) is 7.69. The van der Waals surface area contributed by atoms with Crippen LogP contribution in [0.2, 0.25) is 0 Å². The van der Waals surface area contributed by atoms with E-state index in [2.05, 4.69) is 22.0 Å². The van der Waals surface area contributed by atoms with Crippen molar-refractivity contribution in [3.8, 4) is 0 Å². The van der Waals surface area contributed by atoms with Gasteiger partial charge in [0, 0.05) is 37.9 Å². The van der Waals surface area contributed by atoms with Crippen LogP contribution in [0.25, 0.3) is 0 Å². The molecule has 1 amide bonds. The average molecular weight is 350 g/mol. The standard InChI is InChI=1S/C17H26N4O4/c1-5-19-8-10-20(11-9-19)13-6-7-15(21(23)24)14(12-13)18-16(22)25-17(2,3)4/h6-7,12H,5,8-11H2,1-4H3,(H,18,22). The van der Waals surface area contributed by atoms with E-state index in [9.17, 15) is 14.9 Å². The van der Waals surface area contributed by atoms with Gasteiger partial charge in [0.15, 0.2) is 0 Å². The van der Waals surface area contributed by atoms with E-state index in [1.807, 2.05) is 0 Å². The van der Waals surface area contributed by atoms with Gasteiger partial charge in [-0.1, -0.05) is 6.92 Å². The summed E-state index contributed by atoms with van der Waals surface area (Å²) in [5, 5.41) is 13.8. The highest BCUT2D eigenvalue weighted by molar-refractivity contribution is 5.89. The number of likely N-dealkylation sites (N-methyl/N-ethyl adjacent to an activating group) is 1. The molecule has 0 atom stereocenters. The number of carbonyl (C=O) groups is 1. The van der Waals surface area contributed by atoms with Crippen molar-refractivity contribution in [2.24, 2.45) is 0 Å². The third kappa shape index (κ3) is 5.32. The Labute approximate surface area is 147 Å². The second-order valence-corrected chi connectivity index (χ2v) is 7.01. The Morgan fingerprint density at radius 2 is 1.92 bits per heavy atom.